The van der Waals surface area contributed by atoms with Crippen LogP contribution in [0.25, 0.3) is 33.5 Å². The van der Waals surface area contributed by atoms with E-state index in [0.29, 0.717) is 28.1 Å². The fourth-order valence-corrected chi connectivity index (χ4v) is 3.93. The van der Waals surface area contributed by atoms with Crippen molar-refractivity contribution >= 4 is 28.1 Å². The van der Waals surface area contributed by atoms with E-state index in [1.807, 2.05) is 86.6 Å². The molecular weight excluding hydrogens is 372 g/mol. The van der Waals surface area contributed by atoms with Crippen molar-refractivity contribution in [3.63, 3.8) is 0 Å². The molecule has 4 aromatic rings. The monoisotopic (exact) mass is 392 g/mol. The lowest BCUT2D eigenvalue weighted by molar-refractivity contribution is 0.105. The molecule has 4 nitrogen and oxygen atoms in total. The molecule has 0 aliphatic heterocycles. The third-order valence-corrected chi connectivity index (χ3v) is 5.12. The molecule has 0 amide bonds. The van der Waals surface area contributed by atoms with Crippen LogP contribution < -0.4 is 0 Å². The van der Waals surface area contributed by atoms with Crippen molar-refractivity contribution in [1.82, 2.24) is 9.97 Å². The Balaban J connectivity index is 1.87. The smallest absolute Gasteiger partial charge is 0.200 e. The van der Waals surface area contributed by atoms with Gasteiger partial charge in [-0.1, -0.05) is 60.7 Å². The first-order chi connectivity index (χ1) is 14.6. The molecule has 0 atom stereocenters. The first-order valence-electron chi connectivity index (χ1n) is 10.0. The molecule has 5 rings (SSSR count). The van der Waals surface area contributed by atoms with E-state index in [0.717, 1.165) is 22.2 Å². The lowest BCUT2D eigenvalue weighted by atomic mass is 9.94. The number of nitrogens with zero attached hydrogens (tertiary/aromatic N) is 2. The summed E-state index contributed by atoms with van der Waals surface area (Å²) in [4.78, 5) is 23.2. The van der Waals surface area contributed by atoms with E-state index in [9.17, 15) is 4.79 Å². The summed E-state index contributed by atoms with van der Waals surface area (Å²) in [7, 11) is 0. The number of Topliss-reactive ketones (excluding diaryl/α,β-unsaturated/α-hetero) is 1. The van der Waals surface area contributed by atoms with Crippen LogP contribution in [-0.4, -0.2) is 21.9 Å². The predicted octanol–water partition coefficient (Wildman–Crippen LogP) is 5.79. The van der Waals surface area contributed by atoms with E-state index in [2.05, 4.69) is 4.98 Å². The number of hydrogen-bond acceptors (Lipinski definition) is 4. The minimum absolute atomic E-state index is 0.0780. The zero-order chi connectivity index (χ0) is 20.7. The Kier molecular flexibility index (Phi) is 4.40. The van der Waals surface area contributed by atoms with E-state index < -0.39 is 0 Å². The lowest BCUT2D eigenvalue weighted by Gasteiger charge is -2.15. The minimum Gasteiger partial charge on any atom is -0.488 e. The standard InChI is InChI=1S/C26H20N2O2/c1-16(2)30-26-21(18-12-7-4-8-13-18)25(29)22-20(17-10-5-3-6-11-17)23-19(28-24(22)26)14-9-15-27-23/h3-16H,1-2H3. The number of aromatic nitrogens is 2. The molecule has 2 aromatic heterocycles. The Labute approximate surface area is 174 Å². The number of rotatable bonds is 4. The van der Waals surface area contributed by atoms with Gasteiger partial charge in [-0.15, -0.1) is 0 Å². The maximum absolute atomic E-state index is 13.8. The van der Waals surface area contributed by atoms with Crippen LogP contribution in [0, 0.1) is 0 Å². The van der Waals surface area contributed by atoms with Gasteiger partial charge in [0.05, 0.1) is 28.3 Å². The van der Waals surface area contributed by atoms with Gasteiger partial charge in [0.25, 0.3) is 0 Å². The number of allylic oxidation sites excluding steroid dienone is 1. The van der Waals surface area contributed by atoms with Crippen LogP contribution >= 0.6 is 0 Å². The van der Waals surface area contributed by atoms with Gasteiger partial charge < -0.3 is 4.74 Å². The molecule has 0 bridgehead atoms. The maximum atomic E-state index is 13.8. The van der Waals surface area contributed by atoms with Crippen molar-refractivity contribution in [2.75, 3.05) is 0 Å². The van der Waals surface area contributed by atoms with Gasteiger partial charge in [-0.2, -0.15) is 0 Å². The number of pyridine rings is 2. The Hall–Kier alpha value is -3.79. The van der Waals surface area contributed by atoms with Crippen molar-refractivity contribution in [3.05, 3.63) is 95.8 Å². The summed E-state index contributed by atoms with van der Waals surface area (Å²) in [6.07, 6.45) is 1.64. The summed E-state index contributed by atoms with van der Waals surface area (Å²) in [6, 6.07) is 23.3. The Morgan fingerprint density at radius 3 is 2.13 bits per heavy atom. The van der Waals surface area contributed by atoms with Gasteiger partial charge in [0.1, 0.15) is 5.69 Å². The topological polar surface area (TPSA) is 52.1 Å². The highest BCUT2D eigenvalue weighted by Gasteiger charge is 2.37. The SMILES string of the molecule is CC(C)OC1=C(c2ccccc2)C(=O)c2c1nc1cccnc1c2-c1ccccc1. The molecular formula is C26H20N2O2. The summed E-state index contributed by atoms with van der Waals surface area (Å²) in [5.74, 6) is 0.463. The second kappa shape index (κ2) is 7.23. The lowest BCUT2D eigenvalue weighted by Crippen LogP contribution is -2.05. The molecule has 0 unspecified atom stereocenters. The number of carbonyl (C=O) groups excluding carboxylic acids is 1. The molecule has 0 saturated carbocycles. The van der Waals surface area contributed by atoms with E-state index in [1.54, 1.807) is 6.20 Å². The minimum atomic E-state index is -0.0935. The molecule has 0 spiro atoms. The summed E-state index contributed by atoms with van der Waals surface area (Å²) in [5.41, 5.74) is 5.72. The molecule has 146 valence electrons. The number of ether oxygens (including phenoxy) is 1. The normalized spacial score (nSPS) is 13.2. The number of fused-ring (bicyclic) bond motifs is 2. The molecule has 0 N–H and O–H groups in total. The highest BCUT2D eigenvalue weighted by Crippen LogP contribution is 2.44. The van der Waals surface area contributed by atoms with Crippen molar-refractivity contribution < 1.29 is 9.53 Å². The first-order valence-corrected chi connectivity index (χ1v) is 10.0. The third-order valence-electron chi connectivity index (χ3n) is 5.12. The van der Waals surface area contributed by atoms with Gasteiger partial charge in [-0.05, 0) is 37.1 Å². The summed E-state index contributed by atoms with van der Waals surface area (Å²) < 4.78 is 6.19. The average Bonchev–Trinajstić information content (AvgIpc) is 3.04. The van der Waals surface area contributed by atoms with Crippen LogP contribution in [0.4, 0.5) is 0 Å². The summed E-state index contributed by atoms with van der Waals surface area (Å²) >= 11 is 0. The maximum Gasteiger partial charge on any atom is 0.200 e. The third kappa shape index (κ3) is 2.89. The highest BCUT2D eigenvalue weighted by molar-refractivity contribution is 6.41. The number of carbonyl (C=O) groups is 1. The molecule has 1 aliphatic carbocycles. The summed E-state index contributed by atoms with van der Waals surface area (Å²) in [6.45, 7) is 3.91. The first kappa shape index (κ1) is 18.3. The fraction of sp³-hybridized carbons (Fsp3) is 0.115. The molecule has 0 radical (unpaired) electrons. The molecule has 4 heteroatoms. The van der Waals surface area contributed by atoms with Crippen LogP contribution in [0.15, 0.2) is 79.0 Å². The number of ketones is 1. The van der Waals surface area contributed by atoms with Crippen molar-refractivity contribution in [1.29, 1.82) is 0 Å². The Morgan fingerprint density at radius 1 is 0.800 bits per heavy atom. The molecule has 30 heavy (non-hydrogen) atoms. The number of benzene rings is 2. The molecule has 0 saturated heterocycles. The van der Waals surface area contributed by atoms with E-state index >= 15 is 0 Å². The second-order valence-corrected chi connectivity index (χ2v) is 7.51. The molecule has 1 aliphatic rings. The molecule has 2 aromatic carbocycles. The van der Waals surface area contributed by atoms with Gasteiger partial charge in [-0.25, -0.2) is 4.98 Å². The van der Waals surface area contributed by atoms with Crippen molar-refractivity contribution in [3.8, 4) is 11.1 Å². The Bertz CT molecular complexity index is 1290. The average molecular weight is 392 g/mol. The second-order valence-electron chi connectivity index (χ2n) is 7.51. The van der Waals surface area contributed by atoms with Crippen LogP contribution in [0.3, 0.4) is 0 Å². The quantitative estimate of drug-likeness (QED) is 0.441. The summed E-state index contributed by atoms with van der Waals surface area (Å²) in [5, 5.41) is 0. The van der Waals surface area contributed by atoms with Crippen molar-refractivity contribution in [2.24, 2.45) is 0 Å². The number of hydrogen-bond donors (Lipinski definition) is 0. The van der Waals surface area contributed by atoms with E-state index in [4.69, 9.17) is 9.72 Å². The zero-order valence-corrected chi connectivity index (χ0v) is 16.8. The highest BCUT2D eigenvalue weighted by atomic mass is 16.5. The molecule has 2 heterocycles. The van der Waals surface area contributed by atoms with Gasteiger partial charge in [0.15, 0.2) is 11.5 Å². The van der Waals surface area contributed by atoms with Gasteiger partial charge >= 0.3 is 0 Å². The van der Waals surface area contributed by atoms with Crippen LogP contribution in [-0.2, 0) is 4.74 Å². The van der Waals surface area contributed by atoms with Gasteiger partial charge in [0, 0.05) is 11.8 Å². The predicted molar refractivity (Wildman–Crippen MR) is 119 cm³/mol. The largest absolute Gasteiger partial charge is 0.488 e. The fourth-order valence-electron chi connectivity index (χ4n) is 3.93. The van der Waals surface area contributed by atoms with Gasteiger partial charge in [-0.3, -0.25) is 9.78 Å². The van der Waals surface area contributed by atoms with Crippen molar-refractivity contribution in [2.45, 2.75) is 20.0 Å². The van der Waals surface area contributed by atoms with Crippen LogP contribution in [0.5, 0.6) is 0 Å². The zero-order valence-electron chi connectivity index (χ0n) is 16.8. The molecule has 0 fully saturated rings. The van der Waals surface area contributed by atoms with E-state index in [-0.39, 0.29) is 11.9 Å². The van der Waals surface area contributed by atoms with E-state index in [1.165, 1.54) is 0 Å². The van der Waals surface area contributed by atoms with Crippen LogP contribution in [0.2, 0.25) is 0 Å². The Morgan fingerprint density at radius 2 is 1.47 bits per heavy atom. The van der Waals surface area contributed by atoms with Gasteiger partial charge in [0.2, 0.25) is 0 Å². The van der Waals surface area contributed by atoms with Crippen LogP contribution in [0.1, 0.15) is 35.5 Å².